The summed E-state index contributed by atoms with van der Waals surface area (Å²) in [6.45, 7) is 7.76. The molecular weight excluding hydrogens is 274 g/mol. The number of hydrogen-bond acceptors (Lipinski definition) is 3. The summed E-state index contributed by atoms with van der Waals surface area (Å²) in [5, 5.41) is 0. The van der Waals surface area contributed by atoms with Gasteiger partial charge in [0.15, 0.2) is 0 Å². The van der Waals surface area contributed by atoms with E-state index in [1.807, 2.05) is 39.8 Å². The van der Waals surface area contributed by atoms with Crippen LogP contribution in [0.1, 0.15) is 28.2 Å². The molecule has 108 valence electrons. The molecule has 1 aromatic carbocycles. The molecular formula is C15H19NO3S. The second-order valence-corrected chi connectivity index (χ2v) is 6.78. The van der Waals surface area contributed by atoms with Crippen molar-refractivity contribution in [1.82, 2.24) is 4.72 Å². The van der Waals surface area contributed by atoms with E-state index < -0.39 is 10.0 Å². The topological polar surface area (TPSA) is 59.3 Å². The molecule has 0 unspecified atom stereocenters. The summed E-state index contributed by atoms with van der Waals surface area (Å²) < 4.78 is 32.5. The summed E-state index contributed by atoms with van der Waals surface area (Å²) in [7, 11) is -3.50. The van der Waals surface area contributed by atoms with Gasteiger partial charge in [0.05, 0.1) is 4.90 Å². The summed E-state index contributed by atoms with van der Waals surface area (Å²) in [6, 6.07) is 6.97. The highest BCUT2D eigenvalue weighted by molar-refractivity contribution is 7.89. The monoisotopic (exact) mass is 293 g/mol. The fraction of sp³-hybridized carbons (Fsp3) is 0.333. The number of furan rings is 1. The third-order valence-electron chi connectivity index (χ3n) is 3.39. The van der Waals surface area contributed by atoms with Gasteiger partial charge in [-0.05, 0) is 57.0 Å². The van der Waals surface area contributed by atoms with Gasteiger partial charge in [-0.3, -0.25) is 0 Å². The predicted molar refractivity (Wildman–Crippen MR) is 78.1 cm³/mol. The van der Waals surface area contributed by atoms with Crippen LogP contribution in [0, 0.1) is 27.7 Å². The summed E-state index contributed by atoms with van der Waals surface area (Å²) in [4.78, 5) is 0.290. The summed E-state index contributed by atoms with van der Waals surface area (Å²) in [5.41, 5.74) is 2.89. The number of aryl methyl sites for hydroxylation is 4. The maximum atomic E-state index is 12.2. The van der Waals surface area contributed by atoms with Crippen LogP contribution in [-0.2, 0) is 16.6 Å². The molecule has 1 N–H and O–H groups in total. The number of hydrogen-bond donors (Lipinski definition) is 1. The average Bonchev–Trinajstić information content (AvgIpc) is 2.69. The van der Waals surface area contributed by atoms with Gasteiger partial charge in [-0.1, -0.05) is 6.07 Å². The Labute approximate surface area is 119 Å². The van der Waals surface area contributed by atoms with Crippen LogP contribution >= 0.6 is 0 Å². The van der Waals surface area contributed by atoms with Crippen molar-refractivity contribution in [3.05, 3.63) is 52.5 Å². The predicted octanol–water partition coefficient (Wildman–Crippen LogP) is 2.99. The first-order valence-corrected chi connectivity index (χ1v) is 7.91. The fourth-order valence-corrected chi connectivity index (χ4v) is 3.09. The van der Waals surface area contributed by atoms with Crippen molar-refractivity contribution in [2.45, 2.75) is 39.1 Å². The van der Waals surface area contributed by atoms with E-state index in [2.05, 4.69) is 4.72 Å². The molecule has 0 spiro atoms. The smallest absolute Gasteiger partial charge is 0.240 e. The summed E-state index contributed by atoms with van der Waals surface area (Å²) in [5.74, 6) is 1.52. The molecule has 0 amide bonds. The van der Waals surface area contributed by atoms with Gasteiger partial charge in [-0.2, -0.15) is 0 Å². The Kier molecular flexibility index (Phi) is 4.01. The SMILES string of the molecule is Cc1cc(CNS(=O)(=O)c2ccc(C)c(C)c2)c(C)o1. The second-order valence-electron chi connectivity index (χ2n) is 5.01. The molecule has 2 rings (SSSR count). The zero-order valence-corrected chi connectivity index (χ0v) is 13.0. The number of nitrogens with one attached hydrogen (secondary N) is 1. The van der Waals surface area contributed by atoms with Gasteiger partial charge in [0.1, 0.15) is 11.5 Å². The fourth-order valence-electron chi connectivity index (χ4n) is 2.00. The first kappa shape index (κ1) is 14.8. The molecule has 0 atom stereocenters. The van der Waals surface area contributed by atoms with Crippen LogP contribution in [0.5, 0.6) is 0 Å². The van der Waals surface area contributed by atoms with Crippen molar-refractivity contribution in [3.8, 4) is 0 Å². The van der Waals surface area contributed by atoms with Crippen LogP contribution in [0.25, 0.3) is 0 Å². The van der Waals surface area contributed by atoms with E-state index in [-0.39, 0.29) is 6.54 Å². The first-order valence-electron chi connectivity index (χ1n) is 6.42. The quantitative estimate of drug-likeness (QED) is 0.942. The van der Waals surface area contributed by atoms with Crippen LogP contribution in [0.2, 0.25) is 0 Å². The molecule has 0 saturated heterocycles. The average molecular weight is 293 g/mol. The van der Waals surface area contributed by atoms with Crippen LogP contribution in [0.3, 0.4) is 0 Å². The molecule has 1 heterocycles. The maximum Gasteiger partial charge on any atom is 0.240 e. The lowest BCUT2D eigenvalue weighted by Gasteiger charge is -2.08. The third kappa shape index (κ3) is 3.11. The van der Waals surface area contributed by atoms with Crippen molar-refractivity contribution < 1.29 is 12.8 Å². The van der Waals surface area contributed by atoms with Crippen molar-refractivity contribution >= 4 is 10.0 Å². The van der Waals surface area contributed by atoms with Crippen LogP contribution < -0.4 is 4.72 Å². The summed E-state index contributed by atoms with van der Waals surface area (Å²) >= 11 is 0. The highest BCUT2D eigenvalue weighted by atomic mass is 32.2. The lowest BCUT2D eigenvalue weighted by molar-refractivity contribution is 0.500. The van der Waals surface area contributed by atoms with E-state index in [9.17, 15) is 8.42 Å². The molecule has 20 heavy (non-hydrogen) atoms. The van der Waals surface area contributed by atoms with Gasteiger partial charge in [-0.25, -0.2) is 13.1 Å². The van der Waals surface area contributed by atoms with Crippen LogP contribution in [0.15, 0.2) is 33.6 Å². The zero-order chi connectivity index (χ0) is 14.9. The van der Waals surface area contributed by atoms with Gasteiger partial charge in [0, 0.05) is 12.1 Å². The molecule has 1 aromatic heterocycles. The molecule has 0 bridgehead atoms. The molecule has 0 saturated carbocycles. The van der Waals surface area contributed by atoms with E-state index in [0.29, 0.717) is 4.90 Å². The van der Waals surface area contributed by atoms with Gasteiger partial charge in [0.2, 0.25) is 10.0 Å². The van der Waals surface area contributed by atoms with Crippen molar-refractivity contribution in [2.24, 2.45) is 0 Å². The molecule has 2 aromatic rings. The Balaban J connectivity index is 2.19. The number of sulfonamides is 1. The minimum Gasteiger partial charge on any atom is -0.466 e. The molecule has 0 fully saturated rings. The van der Waals surface area contributed by atoms with Gasteiger partial charge in [0.25, 0.3) is 0 Å². The Morgan fingerprint density at radius 2 is 1.75 bits per heavy atom. The zero-order valence-electron chi connectivity index (χ0n) is 12.1. The standard InChI is InChI=1S/C15H19NO3S/c1-10-5-6-15(7-11(10)2)20(17,18)16-9-14-8-12(3)19-13(14)4/h5-8,16H,9H2,1-4H3. The van der Waals surface area contributed by atoms with E-state index in [1.54, 1.807) is 12.1 Å². The third-order valence-corrected chi connectivity index (χ3v) is 4.78. The van der Waals surface area contributed by atoms with Crippen LogP contribution in [-0.4, -0.2) is 8.42 Å². The molecule has 5 heteroatoms. The van der Waals surface area contributed by atoms with Gasteiger partial charge < -0.3 is 4.42 Å². The van der Waals surface area contributed by atoms with Gasteiger partial charge in [-0.15, -0.1) is 0 Å². The van der Waals surface area contributed by atoms with E-state index >= 15 is 0 Å². The Hall–Kier alpha value is -1.59. The number of rotatable bonds is 4. The van der Waals surface area contributed by atoms with E-state index in [1.165, 1.54) is 0 Å². The molecule has 0 aliphatic rings. The number of benzene rings is 1. The minimum absolute atomic E-state index is 0.235. The van der Waals surface area contributed by atoms with Gasteiger partial charge >= 0.3 is 0 Å². The Bertz CT molecular complexity index is 730. The first-order chi connectivity index (χ1) is 9.29. The van der Waals surface area contributed by atoms with E-state index in [4.69, 9.17) is 4.42 Å². The molecule has 4 nitrogen and oxygen atoms in total. The lowest BCUT2D eigenvalue weighted by atomic mass is 10.1. The second kappa shape index (κ2) is 5.42. The van der Waals surface area contributed by atoms with Crippen molar-refractivity contribution in [2.75, 3.05) is 0 Å². The highest BCUT2D eigenvalue weighted by Gasteiger charge is 2.15. The van der Waals surface area contributed by atoms with Crippen LogP contribution in [0.4, 0.5) is 0 Å². The molecule has 0 aliphatic carbocycles. The maximum absolute atomic E-state index is 12.2. The lowest BCUT2D eigenvalue weighted by Crippen LogP contribution is -2.23. The van der Waals surface area contributed by atoms with Crippen molar-refractivity contribution in [1.29, 1.82) is 0 Å². The molecule has 0 radical (unpaired) electrons. The normalized spacial score (nSPS) is 11.8. The Morgan fingerprint density at radius 3 is 2.30 bits per heavy atom. The largest absolute Gasteiger partial charge is 0.466 e. The highest BCUT2D eigenvalue weighted by Crippen LogP contribution is 2.17. The van der Waals surface area contributed by atoms with Crippen molar-refractivity contribution in [3.63, 3.8) is 0 Å². The molecule has 0 aliphatic heterocycles. The minimum atomic E-state index is -3.50. The Morgan fingerprint density at radius 1 is 1.05 bits per heavy atom. The summed E-state index contributed by atoms with van der Waals surface area (Å²) in [6.07, 6.45) is 0. The van der Waals surface area contributed by atoms with E-state index in [0.717, 1.165) is 28.2 Å².